The van der Waals surface area contributed by atoms with Crippen LogP contribution in [0.4, 0.5) is 4.39 Å². The highest BCUT2D eigenvalue weighted by Gasteiger charge is 2.07. The van der Waals surface area contributed by atoms with E-state index in [1.54, 1.807) is 0 Å². The SMILES string of the molecule is O=C(OCCc1ccccc1)c1cccc(F)c1. The summed E-state index contributed by atoms with van der Waals surface area (Å²) in [5, 5.41) is 0. The molecule has 0 aliphatic heterocycles. The number of carbonyl (C=O) groups excluding carboxylic acids is 1. The molecular weight excluding hydrogens is 231 g/mol. The van der Waals surface area contributed by atoms with Crippen LogP contribution in [0.15, 0.2) is 54.6 Å². The lowest BCUT2D eigenvalue weighted by Gasteiger charge is -2.05. The summed E-state index contributed by atoms with van der Waals surface area (Å²) in [6.07, 6.45) is 0.655. The van der Waals surface area contributed by atoms with Crippen LogP contribution in [0.5, 0.6) is 0 Å². The van der Waals surface area contributed by atoms with Crippen molar-refractivity contribution in [3.8, 4) is 0 Å². The molecule has 2 aromatic rings. The number of ether oxygens (including phenoxy) is 1. The highest BCUT2D eigenvalue weighted by Crippen LogP contribution is 2.06. The highest BCUT2D eigenvalue weighted by molar-refractivity contribution is 5.89. The van der Waals surface area contributed by atoms with E-state index in [4.69, 9.17) is 4.74 Å². The van der Waals surface area contributed by atoms with Gasteiger partial charge in [0.1, 0.15) is 5.82 Å². The lowest BCUT2D eigenvalue weighted by Crippen LogP contribution is -2.08. The molecule has 0 amide bonds. The molecule has 2 rings (SSSR count). The molecule has 0 saturated heterocycles. The van der Waals surface area contributed by atoms with Crippen LogP contribution in [0.1, 0.15) is 15.9 Å². The summed E-state index contributed by atoms with van der Waals surface area (Å²) in [5.74, 6) is -0.932. The highest BCUT2D eigenvalue weighted by atomic mass is 19.1. The molecule has 2 aromatic carbocycles. The van der Waals surface area contributed by atoms with E-state index in [9.17, 15) is 9.18 Å². The van der Waals surface area contributed by atoms with Gasteiger partial charge in [-0.05, 0) is 23.8 Å². The van der Waals surface area contributed by atoms with Gasteiger partial charge in [0.2, 0.25) is 0 Å². The molecule has 0 aliphatic rings. The summed E-state index contributed by atoms with van der Waals surface area (Å²) in [7, 11) is 0. The first-order valence-corrected chi connectivity index (χ1v) is 5.72. The smallest absolute Gasteiger partial charge is 0.338 e. The van der Waals surface area contributed by atoms with Crippen molar-refractivity contribution in [1.82, 2.24) is 0 Å². The number of rotatable bonds is 4. The minimum Gasteiger partial charge on any atom is -0.462 e. The number of halogens is 1. The quantitative estimate of drug-likeness (QED) is 0.772. The molecule has 0 radical (unpaired) electrons. The lowest BCUT2D eigenvalue weighted by atomic mass is 10.2. The van der Waals surface area contributed by atoms with Gasteiger partial charge in [-0.2, -0.15) is 0 Å². The van der Waals surface area contributed by atoms with Crippen LogP contribution in [0.3, 0.4) is 0 Å². The van der Waals surface area contributed by atoms with Crippen molar-refractivity contribution in [2.24, 2.45) is 0 Å². The van der Waals surface area contributed by atoms with E-state index in [1.165, 1.54) is 24.3 Å². The van der Waals surface area contributed by atoms with E-state index in [-0.39, 0.29) is 5.56 Å². The van der Waals surface area contributed by atoms with Crippen LogP contribution >= 0.6 is 0 Å². The second-order valence-corrected chi connectivity index (χ2v) is 3.88. The number of carbonyl (C=O) groups is 1. The van der Waals surface area contributed by atoms with Crippen molar-refractivity contribution in [3.05, 3.63) is 71.5 Å². The van der Waals surface area contributed by atoms with Crippen molar-refractivity contribution in [2.45, 2.75) is 6.42 Å². The summed E-state index contributed by atoms with van der Waals surface area (Å²) < 4.78 is 18.0. The van der Waals surface area contributed by atoms with Gasteiger partial charge in [0.25, 0.3) is 0 Å². The summed E-state index contributed by atoms with van der Waals surface area (Å²) >= 11 is 0. The second-order valence-electron chi connectivity index (χ2n) is 3.88. The first-order chi connectivity index (χ1) is 8.75. The van der Waals surface area contributed by atoms with E-state index in [0.29, 0.717) is 13.0 Å². The topological polar surface area (TPSA) is 26.3 Å². The van der Waals surface area contributed by atoms with E-state index in [1.807, 2.05) is 30.3 Å². The fraction of sp³-hybridized carbons (Fsp3) is 0.133. The lowest BCUT2D eigenvalue weighted by molar-refractivity contribution is 0.0508. The molecule has 0 N–H and O–H groups in total. The predicted octanol–water partition coefficient (Wildman–Crippen LogP) is 3.23. The van der Waals surface area contributed by atoms with Crippen molar-refractivity contribution in [1.29, 1.82) is 0 Å². The van der Waals surface area contributed by atoms with Gasteiger partial charge in [-0.15, -0.1) is 0 Å². The first kappa shape index (κ1) is 12.3. The molecule has 0 bridgehead atoms. The van der Waals surface area contributed by atoms with Crippen LogP contribution in [0.2, 0.25) is 0 Å². The van der Waals surface area contributed by atoms with Gasteiger partial charge >= 0.3 is 5.97 Å². The molecule has 0 spiro atoms. The summed E-state index contributed by atoms with van der Waals surface area (Å²) in [4.78, 5) is 11.6. The fourth-order valence-corrected chi connectivity index (χ4v) is 1.61. The zero-order chi connectivity index (χ0) is 12.8. The molecule has 0 atom stereocenters. The molecule has 3 heteroatoms. The van der Waals surface area contributed by atoms with Crippen LogP contribution < -0.4 is 0 Å². The maximum atomic E-state index is 12.9. The van der Waals surface area contributed by atoms with E-state index in [2.05, 4.69) is 0 Å². The van der Waals surface area contributed by atoms with Gasteiger partial charge in [0.15, 0.2) is 0 Å². The van der Waals surface area contributed by atoms with Crippen LogP contribution in [-0.4, -0.2) is 12.6 Å². The maximum absolute atomic E-state index is 12.9. The summed E-state index contributed by atoms with van der Waals surface area (Å²) in [5.41, 5.74) is 1.34. The number of esters is 1. The number of hydrogen-bond acceptors (Lipinski definition) is 2. The zero-order valence-electron chi connectivity index (χ0n) is 9.80. The first-order valence-electron chi connectivity index (χ1n) is 5.72. The summed E-state index contributed by atoms with van der Waals surface area (Å²) in [6, 6.07) is 15.2. The predicted molar refractivity (Wildman–Crippen MR) is 66.8 cm³/mol. The van der Waals surface area contributed by atoms with Crippen LogP contribution in [-0.2, 0) is 11.2 Å². The van der Waals surface area contributed by atoms with E-state index >= 15 is 0 Å². The second kappa shape index (κ2) is 5.96. The average molecular weight is 244 g/mol. The number of hydrogen-bond donors (Lipinski definition) is 0. The molecule has 18 heavy (non-hydrogen) atoms. The maximum Gasteiger partial charge on any atom is 0.338 e. The molecule has 0 aliphatic carbocycles. The zero-order valence-corrected chi connectivity index (χ0v) is 9.80. The van der Waals surface area contributed by atoms with Crippen molar-refractivity contribution < 1.29 is 13.9 Å². The number of benzene rings is 2. The minimum atomic E-state index is -0.495. The van der Waals surface area contributed by atoms with Crippen molar-refractivity contribution >= 4 is 5.97 Å². The van der Waals surface area contributed by atoms with Gasteiger partial charge < -0.3 is 4.74 Å². The molecule has 0 unspecified atom stereocenters. The molecular formula is C15H13FO2. The standard InChI is InChI=1S/C15H13FO2/c16-14-8-4-7-13(11-14)15(17)18-10-9-12-5-2-1-3-6-12/h1-8,11H,9-10H2. The normalized spacial score (nSPS) is 10.1. The third-order valence-corrected chi connectivity index (χ3v) is 2.53. The van der Waals surface area contributed by atoms with Crippen molar-refractivity contribution in [2.75, 3.05) is 6.61 Å². The molecule has 92 valence electrons. The van der Waals surface area contributed by atoms with E-state index < -0.39 is 11.8 Å². The molecule has 0 saturated carbocycles. The van der Waals surface area contributed by atoms with Gasteiger partial charge in [-0.1, -0.05) is 36.4 Å². The van der Waals surface area contributed by atoms with E-state index in [0.717, 1.165) is 5.56 Å². The third-order valence-electron chi connectivity index (χ3n) is 2.53. The Balaban J connectivity index is 1.86. The monoisotopic (exact) mass is 244 g/mol. The summed E-state index contributed by atoms with van der Waals surface area (Å²) in [6.45, 7) is 0.291. The largest absolute Gasteiger partial charge is 0.462 e. The Morgan fingerprint density at radius 2 is 1.83 bits per heavy atom. The molecule has 2 nitrogen and oxygen atoms in total. The van der Waals surface area contributed by atoms with Gasteiger partial charge in [-0.25, -0.2) is 9.18 Å². The Morgan fingerprint density at radius 1 is 1.06 bits per heavy atom. The van der Waals surface area contributed by atoms with Gasteiger partial charge in [-0.3, -0.25) is 0 Å². The Labute approximate surface area is 105 Å². The van der Waals surface area contributed by atoms with Crippen LogP contribution in [0.25, 0.3) is 0 Å². The van der Waals surface area contributed by atoms with Gasteiger partial charge in [0.05, 0.1) is 12.2 Å². The van der Waals surface area contributed by atoms with Crippen LogP contribution in [0, 0.1) is 5.82 Å². The van der Waals surface area contributed by atoms with Crippen molar-refractivity contribution in [3.63, 3.8) is 0 Å². The third kappa shape index (κ3) is 3.42. The average Bonchev–Trinajstić information content (AvgIpc) is 2.40. The van der Waals surface area contributed by atoms with Gasteiger partial charge in [0, 0.05) is 6.42 Å². The Kier molecular flexibility index (Phi) is 4.07. The molecule has 0 aromatic heterocycles. The Hall–Kier alpha value is -2.16. The Morgan fingerprint density at radius 3 is 2.56 bits per heavy atom. The molecule has 0 fully saturated rings. The minimum absolute atomic E-state index is 0.239. The Bertz CT molecular complexity index is 523. The molecule has 0 heterocycles. The fourth-order valence-electron chi connectivity index (χ4n) is 1.61.